The van der Waals surface area contributed by atoms with Gasteiger partial charge in [-0.15, -0.1) is 0 Å². The fourth-order valence-corrected chi connectivity index (χ4v) is 3.97. The number of nitrogens with one attached hydrogen (secondary N) is 3. The van der Waals surface area contributed by atoms with E-state index in [0.29, 0.717) is 6.04 Å². The van der Waals surface area contributed by atoms with Crippen molar-refractivity contribution < 1.29 is 0 Å². The average Bonchev–Trinajstić information content (AvgIpc) is 2.59. The number of piperidine rings is 1. The molecule has 0 radical (unpaired) electrons. The van der Waals surface area contributed by atoms with E-state index in [0.717, 1.165) is 31.6 Å². The fourth-order valence-electron chi connectivity index (χ4n) is 3.97. The van der Waals surface area contributed by atoms with Crippen LogP contribution in [0.15, 0.2) is 4.99 Å². The molecule has 5 nitrogen and oxygen atoms in total. The third-order valence-electron chi connectivity index (χ3n) is 5.34. The molecule has 0 unspecified atom stereocenters. The van der Waals surface area contributed by atoms with Crippen LogP contribution in [0.3, 0.4) is 0 Å². The Morgan fingerprint density at radius 1 is 1.04 bits per heavy atom. The number of hydrogen-bond donors (Lipinski definition) is 3. The van der Waals surface area contributed by atoms with Crippen LogP contribution < -0.4 is 16.0 Å². The fraction of sp³-hybridized carbons (Fsp3) is 0.950. The molecule has 25 heavy (non-hydrogen) atoms. The summed E-state index contributed by atoms with van der Waals surface area (Å²) in [5, 5.41) is 10.6. The van der Waals surface area contributed by atoms with Crippen molar-refractivity contribution >= 4 is 5.96 Å². The highest BCUT2D eigenvalue weighted by atomic mass is 15.2. The van der Waals surface area contributed by atoms with Gasteiger partial charge in [0.2, 0.25) is 0 Å². The number of likely N-dealkylation sites (tertiary alicyclic amines) is 1. The van der Waals surface area contributed by atoms with Crippen molar-refractivity contribution in [3.05, 3.63) is 0 Å². The molecule has 2 aliphatic rings. The lowest BCUT2D eigenvalue weighted by Crippen LogP contribution is -2.51. The summed E-state index contributed by atoms with van der Waals surface area (Å²) in [6.45, 7) is 13.9. The summed E-state index contributed by atoms with van der Waals surface area (Å²) >= 11 is 0. The van der Waals surface area contributed by atoms with Gasteiger partial charge in [-0.25, -0.2) is 0 Å². The van der Waals surface area contributed by atoms with E-state index in [1.54, 1.807) is 0 Å². The molecule has 0 atom stereocenters. The van der Waals surface area contributed by atoms with Crippen LogP contribution in [0.5, 0.6) is 0 Å². The first-order chi connectivity index (χ1) is 12.0. The Bertz CT molecular complexity index is 387. The van der Waals surface area contributed by atoms with E-state index in [2.05, 4.69) is 48.5 Å². The van der Waals surface area contributed by atoms with Gasteiger partial charge in [0.1, 0.15) is 0 Å². The van der Waals surface area contributed by atoms with E-state index in [4.69, 9.17) is 4.99 Å². The van der Waals surface area contributed by atoms with E-state index in [-0.39, 0.29) is 5.54 Å². The summed E-state index contributed by atoms with van der Waals surface area (Å²) in [6, 6.07) is 1.42. The normalized spacial score (nSPS) is 22.2. The summed E-state index contributed by atoms with van der Waals surface area (Å²) < 4.78 is 0. The molecule has 0 aromatic carbocycles. The number of guanidine groups is 1. The van der Waals surface area contributed by atoms with Gasteiger partial charge in [0.05, 0.1) is 6.54 Å². The van der Waals surface area contributed by atoms with Gasteiger partial charge in [-0.1, -0.05) is 19.3 Å². The predicted molar refractivity (Wildman–Crippen MR) is 108 cm³/mol. The zero-order valence-electron chi connectivity index (χ0n) is 17.0. The summed E-state index contributed by atoms with van der Waals surface area (Å²) in [6.07, 6.45) is 9.63. The Hall–Kier alpha value is -0.810. The molecule has 0 amide bonds. The van der Waals surface area contributed by atoms with Crippen LogP contribution in [0.25, 0.3) is 0 Å². The topological polar surface area (TPSA) is 51.7 Å². The molecule has 1 aliphatic carbocycles. The van der Waals surface area contributed by atoms with E-state index < -0.39 is 0 Å². The van der Waals surface area contributed by atoms with Crippen molar-refractivity contribution in [1.29, 1.82) is 0 Å². The molecule has 0 spiro atoms. The summed E-state index contributed by atoms with van der Waals surface area (Å²) in [4.78, 5) is 7.48. The van der Waals surface area contributed by atoms with Crippen LogP contribution >= 0.6 is 0 Å². The number of nitrogens with zero attached hydrogens (tertiary/aromatic N) is 2. The quantitative estimate of drug-likeness (QED) is 0.391. The Morgan fingerprint density at radius 3 is 2.32 bits per heavy atom. The zero-order valence-corrected chi connectivity index (χ0v) is 17.0. The molecule has 3 N–H and O–H groups in total. The first kappa shape index (κ1) is 20.5. The highest BCUT2D eigenvalue weighted by molar-refractivity contribution is 5.80. The van der Waals surface area contributed by atoms with Gasteiger partial charge in [0.25, 0.3) is 0 Å². The molecule has 0 aromatic rings. The predicted octanol–water partition coefficient (Wildman–Crippen LogP) is 2.73. The van der Waals surface area contributed by atoms with Crippen LogP contribution in [-0.4, -0.2) is 61.2 Å². The lowest BCUT2D eigenvalue weighted by molar-refractivity contribution is 0.119. The highest BCUT2D eigenvalue weighted by Crippen LogP contribution is 2.25. The minimum absolute atomic E-state index is 0.160. The van der Waals surface area contributed by atoms with Gasteiger partial charge < -0.3 is 20.9 Å². The lowest BCUT2D eigenvalue weighted by atomic mass is 9.92. The van der Waals surface area contributed by atoms with Crippen molar-refractivity contribution in [2.45, 2.75) is 90.3 Å². The third kappa shape index (κ3) is 7.95. The van der Waals surface area contributed by atoms with Crippen molar-refractivity contribution in [3.8, 4) is 0 Å². The van der Waals surface area contributed by atoms with Crippen molar-refractivity contribution in [2.75, 3.05) is 32.7 Å². The molecule has 2 fully saturated rings. The highest BCUT2D eigenvalue weighted by Gasteiger charge is 2.26. The van der Waals surface area contributed by atoms with Gasteiger partial charge >= 0.3 is 0 Å². The first-order valence-corrected chi connectivity index (χ1v) is 10.5. The molecular weight excluding hydrogens is 310 g/mol. The van der Waals surface area contributed by atoms with Gasteiger partial charge in [-0.2, -0.15) is 0 Å². The molecule has 1 heterocycles. The molecule has 2 rings (SSSR count). The van der Waals surface area contributed by atoms with Crippen LogP contribution in [0.4, 0.5) is 0 Å². The monoisotopic (exact) mass is 351 g/mol. The maximum absolute atomic E-state index is 4.74. The summed E-state index contributed by atoms with van der Waals surface area (Å²) in [5.41, 5.74) is 0.160. The van der Waals surface area contributed by atoms with Crippen molar-refractivity contribution in [2.24, 2.45) is 4.99 Å². The molecule has 146 valence electrons. The van der Waals surface area contributed by atoms with Gasteiger partial charge in [0.15, 0.2) is 5.96 Å². The average molecular weight is 352 g/mol. The Labute approximate surface area is 155 Å². The van der Waals surface area contributed by atoms with E-state index in [1.807, 2.05) is 0 Å². The number of hydrogen-bond acceptors (Lipinski definition) is 3. The molecule has 5 heteroatoms. The van der Waals surface area contributed by atoms with Gasteiger partial charge in [0, 0.05) is 43.8 Å². The lowest BCUT2D eigenvalue weighted by Gasteiger charge is -2.39. The SMILES string of the molecule is CCNC(=NCCNC(C)(C)C)NC1CCN(C2CCCCC2)CC1. The largest absolute Gasteiger partial charge is 0.357 e. The molecular formula is C20H41N5. The second-order valence-electron chi connectivity index (χ2n) is 8.68. The van der Waals surface area contributed by atoms with Crippen molar-refractivity contribution in [1.82, 2.24) is 20.9 Å². The molecule has 1 aliphatic heterocycles. The van der Waals surface area contributed by atoms with Crippen LogP contribution in [0.1, 0.15) is 72.6 Å². The maximum atomic E-state index is 4.74. The molecule has 0 aromatic heterocycles. The first-order valence-electron chi connectivity index (χ1n) is 10.5. The second-order valence-corrected chi connectivity index (χ2v) is 8.68. The summed E-state index contributed by atoms with van der Waals surface area (Å²) in [7, 11) is 0. The third-order valence-corrected chi connectivity index (χ3v) is 5.34. The van der Waals surface area contributed by atoms with E-state index >= 15 is 0 Å². The van der Waals surface area contributed by atoms with Crippen LogP contribution in [0, 0.1) is 0 Å². The Balaban J connectivity index is 1.72. The van der Waals surface area contributed by atoms with Crippen LogP contribution in [0.2, 0.25) is 0 Å². The standard InChI is InChI=1S/C20H41N5/c1-5-21-19(22-13-14-23-20(2,3)4)24-17-11-15-25(16-12-17)18-9-7-6-8-10-18/h17-18,23H,5-16H2,1-4H3,(H2,21,22,24). The smallest absolute Gasteiger partial charge is 0.191 e. The minimum atomic E-state index is 0.160. The van der Waals surface area contributed by atoms with E-state index in [9.17, 15) is 0 Å². The Kier molecular flexibility index (Phi) is 8.50. The number of aliphatic imine (C=N–C) groups is 1. The van der Waals surface area contributed by atoms with Gasteiger partial charge in [-0.3, -0.25) is 4.99 Å². The number of rotatable bonds is 6. The summed E-state index contributed by atoms with van der Waals surface area (Å²) in [5.74, 6) is 0.981. The maximum Gasteiger partial charge on any atom is 0.191 e. The minimum Gasteiger partial charge on any atom is -0.357 e. The van der Waals surface area contributed by atoms with Gasteiger partial charge in [-0.05, 0) is 53.4 Å². The molecule has 1 saturated carbocycles. The Morgan fingerprint density at radius 2 is 1.72 bits per heavy atom. The zero-order chi connectivity index (χ0) is 18.1. The van der Waals surface area contributed by atoms with Crippen molar-refractivity contribution in [3.63, 3.8) is 0 Å². The van der Waals surface area contributed by atoms with Crippen LogP contribution in [-0.2, 0) is 0 Å². The molecule has 0 bridgehead atoms. The second kappa shape index (κ2) is 10.4. The molecule has 1 saturated heterocycles. The van der Waals surface area contributed by atoms with E-state index in [1.165, 1.54) is 58.0 Å².